The number of benzene rings is 1. The van der Waals surface area contributed by atoms with E-state index in [2.05, 4.69) is 0 Å². The third-order valence-corrected chi connectivity index (χ3v) is 2.56. The van der Waals surface area contributed by atoms with E-state index in [1.807, 2.05) is 13.0 Å². The Balaban J connectivity index is 2.97. The normalized spacial score (nSPS) is 13.9. The van der Waals surface area contributed by atoms with Crippen LogP contribution < -0.4 is 0 Å². The fourth-order valence-corrected chi connectivity index (χ4v) is 1.49. The van der Waals surface area contributed by atoms with Crippen molar-refractivity contribution in [3.05, 3.63) is 35.9 Å². The summed E-state index contributed by atoms with van der Waals surface area (Å²) in [5.74, 6) is -0.598. The lowest BCUT2D eigenvalue weighted by Gasteiger charge is -2.26. The number of Topliss-reactive ketones (excluding diaryl/α,β-unsaturated/α-hetero) is 1. The first-order valence-electron chi connectivity index (χ1n) is 5.29. The van der Waals surface area contributed by atoms with Gasteiger partial charge in [-0.2, -0.15) is 0 Å². The van der Waals surface area contributed by atoms with E-state index in [9.17, 15) is 9.59 Å². The number of hydrogen-bond acceptors (Lipinski definition) is 3. The van der Waals surface area contributed by atoms with E-state index in [1.165, 1.54) is 6.92 Å². The van der Waals surface area contributed by atoms with Gasteiger partial charge in [-0.1, -0.05) is 37.3 Å². The van der Waals surface area contributed by atoms with Gasteiger partial charge >= 0.3 is 5.97 Å². The zero-order valence-electron chi connectivity index (χ0n) is 9.82. The fraction of sp³-hybridized carbons (Fsp3) is 0.385. The molecular weight excluding hydrogens is 204 g/mol. The van der Waals surface area contributed by atoms with E-state index in [4.69, 9.17) is 4.74 Å². The minimum Gasteiger partial charge on any atom is -0.451 e. The van der Waals surface area contributed by atoms with Gasteiger partial charge in [0.1, 0.15) is 0 Å². The molecule has 86 valence electrons. The summed E-state index contributed by atoms with van der Waals surface area (Å²) in [5.41, 5.74) is -0.499. The Labute approximate surface area is 95.4 Å². The highest BCUT2D eigenvalue weighted by Crippen LogP contribution is 2.21. The van der Waals surface area contributed by atoms with E-state index in [-0.39, 0.29) is 5.78 Å². The molecule has 0 heterocycles. The van der Waals surface area contributed by atoms with Crippen LogP contribution in [0.3, 0.4) is 0 Å². The average Bonchev–Trinajstić information content (AvgIpc) is 2.28. The standard InChI is InChI=1S/C13H16O3/c1-4-13(3,16-10(2)14)12(15)11-8-6-5-7-9-11/h5-9H,4H2,1-3H3. The highest BCUT2D eigenvalue weighted by molar-refractivity contribution is 6.03. The lowest BCUT2D eigenvalue weighted by molar-refractivity contribution is -0.151. The zero-order chi connectivity index (χ0) is 12.2. The SMILES string of the molecule is CCC(C)(OC(C)=O)C(=O)c1ccccc1. The number of ether oxygens (including phenoxy) is 1. The molecular formula is C13H16O3. The van der Waals surface area contributed by atoms with Crippen LogP contribution in [0.25, 0.3) is 0 Å². The third kappa shape index (κ3) is 2.69. The first-order valence-corrected chi connectivity index (χ1v) is 5.29. The van der Waals surface area contributed by atoms with Crippen molar-refractivity contribution >= 4 is 11.8 Å². The van der Waals surface area contributed by atoms with Crippen molar-refractivity contribution in [3.8, 4) is 0 Å². The van der Waals surface area contributed by atoms with Gasteiger partial charge < -0.3 is 4.74 Å². The smallest absolute Gasteiger partial charge is 0.303 e. The minimum atomic E-state index is -1.06. The van der Waals surface area contributed by atoms with Crippen LogP contribution in [-0.4, -0.2) is 17.4 Å². The van der Waals surface area contributed by atoms with Gasteiger partial charge in [-0.25, -0.2) is 0 Å². The Bertz CT molecular complexity index is 383. The molecule has 1 atom stereocenters. The van der Waals surface area contributed by atoms with Crippen LogP contribution in [0.2, 0.25) is 0 Å². The number of carbonyl (C=O) groups excluding carboxylic acids is 2. The third-order valence-electron chi connectivity index (χ3n) is 2.56. The molecule has 0 fully saturated rings. The molecule has 0 aliphatic heterocycles. The Morgan fingerprint density at radius 1 is 1.25 bits per heavy atom. The molecule has 0 aliphatic carbocycles. The number of rotatable bonds is 4. The van der Waals surface area contributed by atoms with Crippen LogP contribution >= 0.6 is 0 Å². The van der Waals surface area contributed by atoms with Gasteiger partial charge in [-0.05, 0) is 13.3 Å². The summed E-state index contributed by atoms with van der Waals surface area (Å²) in [6, 6.07) is 8.86. The molecule has 3 heteroatoms. The lowest BCUT2D eigenvalue weighted by atomic mass is 9.92. The van der Waals surface area contributed by atoms with Crippen molar-refractivity contribution in [3.63, 3.8) is 0 Å². The van der Waals surface area contributed by atoms with Gasteiger partial charge in [0.2, 0.25) is 5.78 Å². The molecule has 16 heavy (non-hydrogen) atoms. The van der Waals surface area contributed by atoms with E-state index in [0.717, 1.165) is 0 Å². The van der Waals surface area contributed by atoms with E-state index in [1.54, 1.807) is 31.2 Å². The Hall–Kier alpha value is -1.64. The molecule has 1 aromatic rings. The van der Waals surface area contributed by atoms with Crippen LogP contribution in [0.15, 0.2) is 30.3 Å². The molecule has 0 amide bonds. The molecule has 0 aromatic heterocycles. The van der Waals surface area contributed by atoms with Crippen LogP contribution in [0.4, 0.5) is 0 Å². The van der Waals surface area contributed by atoms with Crippen LogP contribution in [0, 0.1) is 0 Å². The molecule has 3 nitrogen and oxygen atoms in total. The number of carbonyl (C=O) groups is 2. The fourth-order valence-electron chi connectivity index (χ4n) is 1.49. The second-order valence-corrected chi connectivity index (χ2v) is 3.87. The highest BCUT2D eigenvalue weighted by Gasteiger charge is 2.35. The summed E-state index contributed by atoms with van der Waals surface area (Å²) in [5, 5.41) is 0. The predicted octanol–water partition coefficient (Wildman–Crippen LogP) is 2.60. The van der Waals surface area contributed by atoms with Gasteiger partial charge in [0, 0.05) is 12.5 Å². The summed E-state index contributed by atoms with van der Waals surface area (Å²) in [4.78, 5) is 23.1. The average molecular weight is 220 g/mol. The first-order chi connectivity index (χ1) is 7.49. The number of esters is 1. The molecule has 0 radical (unpaired) electrons. The van der Waals surface area contributed by atoms with Gasteiger partial charge in [-0.15, -0.1) is 0 Å². The number of hydrogen-bond donors (Lipinski definition) is 0. The van der Waals surface area contributed by atoms with Crippen LogP contribution in [0.5, 0.6) is 0 Å². The van der Waals surface area contributed by atoms with Crippen LogP contribution in [-0.2, 0) is 9.53 Å². The van der Waals surface area contributed by atoms with E-state index < -0.39 is 11.6 Å². The lowest BCUT2D eigenvalue weighted by Crippen LogP contribution is -2.39. The number of ketones is 1. The quantitative estimate of drug-likeness (QED) is 0.578. The monoisotopic (exact) mass is 220 g/mol. The van der Waals surface area contributed by atoms with Crippen molar-refractivity contribution in [1.29, 1.82) is 0 Å². The highest BCUT2D eigenvalue weighted by atomic mass is 16.6. The Kier molecular flexibility index (Phi) is 3.82. The second kappa shape index (κ2) is 4.92. The Morgan fingerprint density at radius 3 is 2.25 bits per heavy atom. The Morgan fingerprint density at radius 2 is 1.81 bits per heavy atom. The summed E-state index contributed by atoms with van der Waals surface area (Å²) in [6.45, 7) is 4.78. The molecule has 1 rings (SSSR count). The minimum absolute atomic E-state index is 0.161. The maximum Gasteiger partial charge on any atom is 0.303 e. The van der Waals surface area contributed by atoms with Crippen LogP contribution in [0.1, 0.15) is 37.6 Å². The van der Waals surface area contributed by atoms with E-state index >= 15 is 0 Å². The van der Waals surface area contributed by atoms with Crippen molar-refractivity contribution < 1.29 is 14.3 Å². The van der Waals surface area contributed by atoms with Crippen molar-refractivity contribution in [2.75, 3.05) is 0 Å². The van der Waals surface area contributed by atoms with Gasteiger partial charge in [0.25, 0.3) is 0 Å². The summed E-state index contributed by atoms with van der Waals surface area (Å²) in [6.07, 6.45) is 0.459. The molecule has 0 aliphatic rings. The second-order valence-electron chi connectivity index (χ2n) is 3.87. The van der Waals surface area contributed by atoms with E-state index in [0.29, 0.717) is 12.0 Å². The molecule has 0 bridgehead atoms. The van der Waals surface area contributed by atoms with Crippen molar-refractivity contribution in [2.45, 2.75) is 32.8 Å². The largest absolute Gasteiger partial charge is 0.451 e. The molecule has 0 N–H and O–H groups in total. The predicted molar refractivity (Wildman–Crippen MR) is 61.2 cm³/mol. The summed E-state index contributed by atoms with van der Waals surface area (Å²) < 4.78 is 5.11. The molecule has 0 spiro atoms. The molecule has 1 unspecified atom stereocenters. The van der Waals surface area contributed by atoms with Crippen molar-refractivity contribution in [1.82, 2.24) is 0 Å². The summed E-state index contributed by atoms with van der Waals surface area (Å²) in [7, 11) is 0. The van der Waals surface area contributed by atoms with Gasteiger partial charge in [0.05, 0.1) is 0 Å². The molecule has 0 saturated heterocycles. The molecule has 0 saturated carbocycles. The summed E-state index contributed by atoms with van der Waals surface area (Å²) >= 11 is 0. The maximum atomic E-state index is 12.2. The maximum absolute atomic E-state index is 12.2. The van der Waals surface area contributed by atoms with Gasteiger partial charge in [0.15, 0.2) is 5.60 Å². The molecule has 1 aromatic carbocycles. The zero-order valence-corrected chi connectivity index (χ0v) is 9.82. The first kappa shape index (κ1) is 12.4. The topological polar surface area (TPSA) is 43.4 Å². The van der Waals surface area contributed by atoms with Crippen molar-refractivity contribution in [2.24, 2.45) is 0 Å². The van der Waals surface area contributed by atoms with Gasteiger partial charge in [-0.3, -0.25) is 9.59 Å².